The Morgan fingerprint density at radius 3 is 2.53 bits per heavy atom. The maximum Gasteiger partial charge on any atom is 0.267 e. The van der Waals surface area contributed by atoms with Gasteiger partial charge in [0.05, 0.1) is 16.8 Å². The van der Waals surface area contributed by atoms with Crippen LogP contribution in [0.5, 0.6) is 0 Å². The standard InChI is InChI=1S/C25H22N4O3S2/c26-22(31)15-10-12-16(13-11-15)27-20(30)14-33-25-28-23-21(18-8-4-5-9-19(18)34-23)24(32)29(25)17-6-2-1-3-7-17/h1-3,6-7,10-13H,4-5,8-9,14H2,(H2,26,31)(H,27,30). The van der Waals surface area contributed by atoms with E-state index in [-0.39, 0.29) is 17.2 Å². The molecule has 0 atom stereocenters. The monoisotopic (exact) mass is 490 g/mol. The lowest BCUT2D eigenvalue weighted by atomic mass is 9.97. The largest absolute Gasteiger partial charge is 0.366 e. The molecule has 3 N–H and O–H groups in total. The molecule has 4 aromatic rings. The average Bonchev–Trinajstić information content (AvgIpc) is 3.22. The summed E-state index contributed by atoms with van der Waals surface area (Å²) < 4.78 is 1.61. The maximum absolute atomic E-state index is 13.7. The van der Waals surface area contributed by atoms with Crippen LogP contribution in [0.15, 0.2) is 64.5 Å². The van der Waals surface area contributed by atoms with Crippen molar-refractivity contribution in [3.63, 3.8) is 0 Å². The van der Waals surface area contributed by atoms with Crippen molar-refractivity contribution in [3.8, 4) is 5.69 Å². The predicted octanol–water partition coefficient (Wildman–Crippen LogP) is 4.16. The molecule has 172 valence electrons. The number of benzene rings is 2. The van der Waals surface area contributed by atoms with Gasteiger partial charge in [0.1, 0.15) is 4.83 Å². The first-order valence-electron chi connectivity index (χ1n) is 11.0. The number of aromatic nitrogens is 2. The molecule has 2 aromatic carbocycles. The Morgan fingerprint density at radius 2 is 1.79 bits per heavy atom. The number of nitrogens with zero attached hydrogens (tertiary/aromatic N) is 2. The fourth-order valence-electron chi connectivity index (χ4n) is 4.13. The molecule has 0 bridgehead atoms. The topological polar surface area (TPSA) is 107 Å². The number of nitrogens with two attached hydrogens (primary N) is 1. The number of hydrogen-bond acceptors (Lipinski definition) is 6. The fraction of sp³-hybridized carbons (Fsp3) is 0.200. The third-order valence-corrected chi connectivity index (χ3v) is 7.88. The SMILES string of the molecule is NC(=O)c1ccc(NC(=O)CSc2nc3sc4c(c3c(=O)n2-c2ccccc2)CCCC4)cc1. The summed E-state index contributed by atoms with van der Waals surface area (Å²) in [7, 11) is 0. The van der Waals surface area contributed by atoms with Crippen molar-refractivity contribution in [2.45, 2.75) is 30.8 Å². The van der Waals surface area contributed by atoms with E-state index in [1.807, 2.05) is 30.3 Å². The highest BCUT2D eigenvalue weighted by atomic mass is 32.2. The molecular formula is C25H22N4O3S2. The van der Waals surface area contributed by atoms with Crippen LogP contribution in [0.2, 0.25) is 0 Å². The van der Waals surface area contributed by atoms with E-state index in [1.54, 1.807) is 40.2 Å². The summed E-state index contributed by atoms with van der Waals surface area (Å²) in [5, 5.41) is 4.01. The number of carbonyl (C=O) groups excluding carboxylic acids is 2. The Balaban J connectivity index is 1.45. The number of thiophene rings is 1. The molecule has 0 aliphatic heterocycles. The van der Waals surface area contributed by atoms with Crippen molar-refractivity contribution in [2.24, 2.45) is 5.73 Å². The molecule has 2 heterocycles. The van der Waals surface area contributed by atoms with Crippen molar-refractivity contribution < 1.29 is 9.59 Å². The minimum Gasteiger partial charge on any atom is -0.366 e. The second-order valence-electron chi connectivity index (χ2n) is 8.04. The zero-order valence-electron chi connectivity index (χ0n) is 18.2. The predicted molar refractivity (Wildman–Crippen MR) is 136 cm³/mol. The van der Waals surface area contributed by atoms with Gasteiger partial charge in [-0.25, -0.2) is 4.98 Å². The summed E-state index contributed by atoms with van der Waals surface area (Å²) in [5.41, 5.74) is 7.97. The summed E-state index contributed by atoms with van der Waals surface area (Å²) in [5.74, 6) is -0.687. The quantitative estimate of drug-likeness (QED) is 0.312. The van der Waals surface area contributed by atoms with E-state index in [0.717, 1.165) is 41.8 Å². The van der Waals surface area contributed by atoms with E-state index >= 15 is 0 Å². The van der Waals surface area contributed by atoms with Crippen LogP contribution in [0.3, 0.4) is 0 Å². The van der Waals surface area contributed by atoms with Crippen molar-refractivity contribution in [2.75, 3.05) is 11.1 Å². The van der Waals surface area contributed by atoms with Crippen LogP contribution in [0.4, 0.5) is 5.69 Å². The van der Waals surface area contributed by atoms with Crippen molar-refractivity contribution in [1.29, 1.82) is 0 Å². The molecule has 2 amide bonds. The molecule has 0 saturated heterocycles. The Kier molecular flexibility index (Phi) is 6.21. The van der Waals surface area contributed by atoms with Gasteiger partial charge in [0.2, 0.25) is 11.8 Å². The second kappa shape index (κ2) is 9.44. The number of amides is 2. The number of aryl methyl sites for hydroxylation is 2. The van der Waals surface area contributed by atoms with Crippen LogP contribution in [0.1, 0.15) is 33.6 Å². The molecule has 0 radical (unpaired) electrons. The number of thioether (sulfide) groups is 1. The highest BCUT2D eigenvalue weighted by molar-refractivity contribution is 7.99. The van der Waals surface area contributed by atoms with Crippen molar-refractivity contribution >= 4 is 50.8 Å². The molecule has 34 heavy (non-hydrogen) atoms. The van der Waals surface area contributed by atoms with Crippen molar-refractivity contribution in [3.05, 3.63) is 81.0 Å². The van der Waals surface area contributed by atoms with Gasteiger partial charge in [0, 0.05) is 16.1 Å². The Bertz CT molecular complexity index is 1440. The van der Waals surface area contributed by atoms with Gasteiger partial charge in [-0.15, -0.1) is 11.3 Å². The molecule has 1 aliphatic rings. The molecule has 0 unspecified atom stereocenters. The average molecular weight is 491 g/mol. The van der Waals surface area contributed by atoms with Gasteiger partial charge in [0.25, 0.3) is 5.56 Å². The normalized spacial score (nSPS) is 12.9. The summed E-state index contributed by atoms with van der Waals surface area (Å²) in [6, 6.07) is 15.8. The lowest BCUT2D eigenvalue weighted by molar-refractivity contribution is -0.113. The third kappa shape index (κ3) is 4.36. The first kappa shape index (κ1) is 22.4. The highest BCUT2D eigenvalue weighted by Gasteiger charge is 2.23. The summed E-state index contributed by atoms with van der Waals surface area (Å²) in [6.45, 7) is 0. The lowest BCUT2D eigenvalue weighted by Gasteiger charge is -2.13. The zero-order chi connectivity index (χ0) is 23.7. The van der Waals surface area contributed by atoms with E-state index in [1.165, 1.54) is 16.6 Å². The van der Waals surface area contributed by atoms with Crippen LogP contribution < -0.4 is 16.6 Å². The summed E-state index contributed by atoms with van der Waals surface area (Å²) in [6.07, 6.45) is 4.11. The van der Waals surface area contributed by atoms with Crippen molar-refractivity contribution in [1.82, 2.24) is 9.55 Å². The number of rotatable bonds is 6. The van der Waals surface area contributed by atoms with Gasteiger partial charge in [-0.05, 0) is 67.6 Å². The summed E-state index contributed by atoms with van der Waals surface area (Å²) >= 11 is 2.82. The van der Waals surface area contributed by atoms with Crippen LogP contribution in [0.25, 0.3) is 15.9 Å². The van der Waals surface area contributed by atoms with E-state index in [0.29, 0.717) is 21.8 Å². The lowest BCUT2D eigenvalue weighted by Crippen LogP contribution is -2.23. The fourth-order valence-corrected chi connectivity index (χ4v) is 6.25. The Labute approximate surface area is 204 Å². The number of anilines is 1. The summed E-state index contributed by atoms with van der Waals surface area (Å²) in [4.78, 5) is 44.4. The Hall–Kier alpha value is -3.43. The molecule has 1 aliphatic carbocycles. The van der Waals surface area contributed by atoms with Gasteiger partial charge < -0.3 is 11.1 Å². The highest BCUT2D eigenvalue weighted by Crippen LogP contribution is 2.35. The minimum absolute atomic E-state index is 0.0768. The number of fused-ring (bicyclic) bond motifs is 3. The van der Waals surface area contributed by atoms with Crippen LogP contribution >= 0.6 is 23.1 Å². The molecule has 2 aromatic heterocycles. The molecule has 0 saturated carbocycles. The first-order valence-corrected chi connectivity index (χ1v) is 12.8. The smallest absolute Gasteiger partial charge is 0.267 e. The molecular weight excluding hydrogens is 468 g/mol. The van der Waals surface area contributed by atoms with Crippen LogP contribution in [-0.4, -0.2) is 27.1 Å². The first-order chi connectivity index (χ1) is 16.5. The number of primary amides is 1. The van der Waals surface area contributed by atoms with E-state index < -0.39 is 5.91 Å². The van der Waals surface area contributed by atoms with E-state index in [9.17, 15) is 14.4 Å². The van der Waals surface area contributed by atoms with E-state index in [2.05, 4.69) is 5.32 Å². The number of para-hydroxylation sites is 1. The van der Waals surface area contributed by atoms with E-state index in [4.69, 9.17) is 10.7 Å². The number of nitrogens with one attached hydrogen (secondary N) is 1. The van der Waals surface area contributed by atoms with Gasteiger partial charge in [-0.3, -0.25) is 19.0 Å². The zero-order valence-corrected chi connectivity index (χ0v) is 19.9. The van der Waals surface area contributed by atoms with Gasteiger partial charge in [-0.2, -0.15) is 0 Å². The molecule has 5 rings (SSSR count). The molecule has 0 spiro atoms. The van der Waals surface area contributed by atoms with Gasteiger partial charge in [-0.1, -0.05) is 30.0 Å². The van der Waals surface area contributed by atoms with Gasteiger partial charge >= 0.3 is 0 Å². The van der Waals surface area contributed by atoms with Gasteiger partial charge in [0.15, 0.2) is 5.16 Å². The second-order valence-corrected chi connectivity index (χ2v) is 10.1. The minimum atomic E-state index is -0.524. The van der Waals surface area contributed by atoms with Crippen LogP contribution in [0, 0.1) is 0 Å². The molecule has 7 nitrogen and oxygen atoms in total. The molecule has 0 fully saturated rings. The number of carbonyl (C=O) groups is 2. The third-order valence-electron chi connectivity index (χ3n) is 5.76. The Morgan fingerprint density at radius 1 is 1.06 bits per heavy atom. The maximum atomic E-state index is 13.7. The molecule has 9 heteroatoms. The number of hydrogen-bond donors (Lipinski definition) is 2. The van der Waals surface area contributed by atoms with Crippen LogP contribution in [-0.2, 0) is 17.6 Å².